The van der Waals surface area contributed by atoms with Crippen molar-refractivity contribution in [1.82, 2.24) is 10.2 Å². The molecule has 1 unspecified atom stereocenters. The number of nitrogens with zero attached hydrogens (tertiary/aromatic N) is 1. The quantitative estimate of drug-likeness (QED) is 0.732. The van der Waals surface area contributed by atoms with Crippen molar-refractivity contribution in [1.29, 1.82) is 0 Å². The van der Waals surface area contributed by atoms with Gasteiger partial charge in [0.15, 0.2) is 0 Å². The Balaban J connectivity index is 2.52. The van der Waals surface area contributed by atoms with Gasteiger partial charge in [-0.1, -0.05) is 20.8 Å². The van der Waals surface area contributed by atoms with Gasteiger partial charge in [0.2, 0.25) is 5.91 Å². The van der Waals surface area contributed by atoms with E-state index < -0.39 is 11.9 Å². The molecule has 0 bridgehead atoms. The van der Waals surface area contributed by atoms with E-state index in [-0.39, 0.29) is 17.7 Å². The van der Waals surface area contributed by atoms with Gasteiger partial charge >= 0.3 is 5.97 Å². The number of rotatable bonds is 5. The number of hydrogen-bond donors (Lipinski definition) is 2. The molecule has 0 aliphatic carbocycles. The van der Waals surface area contributed by atoms with E-state index in [1.54, 1.807) is 4.90 Å². The van der Waals surface area contributed by atoms with Crippen LogP contribution in [0.1, 0.15) is 20.8 Å². The number of carbonyl (C=O) groups excluding carboxylic acids is 1. The van der Waals surface area contributed by atoms with Crippen LogP contribution in [0.2, 0.25) is 0 Å². The number of aliphatic carboxylic acids is 1. The van der Waals surface area contributed by atoms with Crippen LogP contribution in [0.15, 0.2) is 0 Å². The molecule has 1 saturated heterocycles. The third-order valence-corrected chi connectivity index (χ3v) is 3.36. The molecule has 3 atom stereocenters. The van der Waals surface area contributed by atoms with E-state index in [4.69, 9.17) is 5.11 Å². The molecule has 0 saturated carbocycles. The lowest BCUT2D eigenvalue weighted by molar-refractivity contribution is -0.142. The van der Waals surface area contributed by atoms with Crippen LogP contribution in [-0.4, -0.2) is 48.1 Å². The monoisotopic (exact) mass is 242 g/mol. The molecule has 1 rings (SSSR count). The first-order valence-electron chi connectivity index (χ1n) is 6.19. The SMILES string of the molecule is CCNCC(C)C(=O)N1C[C@@H](C)[C@H](C(=O)O)C1. The maximum Gasteiger partial charge on any atom is 0.308 e. The van der Waals surface area contributed by atoms with E-state index in [1.807, 2.05) is 20.8 Å². The number of carboxylic acid groups (broad SMARTS) is 1. The third kappa shape index (κ3) is 3.43. The Bertz CT molecular complexity index is 293. The summed E-state index contributed by atoms with van der Waals surface area (Å²) in [6, 6.07) is 0. The van der Waals surface area contributed by atoms with Crippen molar-refractivity contribution in [3.8, 4) is 0 Å². The van der Waals surface area contributed by atoms with Crippen LogP contribution in [0.4, 0.5) is 0 Å². The maximum absolute atomic E-state index is 12.1. The summed E-state index contributed by atoms with van der Waals surface area (Å²) in [5.41, 5.74) is 0. The minimum absolute atomic E-state index is 0.0442. The average Bonchev–Trinajstić information content (AvgIpc) is 2.67. The predicted molar refractivity (Wildman–Crippen MR) is 64.6 cm³/mol. The van der Waals surface area contributed by atoms with Crippen molar-refractivity contribution in [2.45, 2.75) is 20.8 Å². The summed E-state index contributed by atoms with van der Waals surface area (Å²) >= 11 is 0. The number of nitrogens with one attached hydrogen (secondary N) is 1. The zero-order valence-electron chi connectivity index (χ0n) is 10.8. The zero-order valence-corrected chi connectivity index (χ0v) is 10.8. The highest BCUT2D eigenvalue weighted by Gasteiger charge is 2.37. The number of likely N-dealkylation sites (tertiary alicyclic amines) is 1. The fraction of sp³-hybridized carbons (Fsp3) is 0.833. The minimum atomic E-state index is -0.799. The molecule has 2 N–H and O–H groups in total. The Labute approximate surface area is 102 Å². The lowest BCUT2D eigenvalue weighted by atomic mass is 9.99. The molecule has 0 aromatic rings. The summed E-state index contributed by atoms with van der Waals surface area (Å²) in [5, 5.41) is 12.1. The van der Waals surface area contributed by atoms with Gasteiger partial charge in [0, 0.05) is 25.6 Å². The fourth-order valence-electron chi connectivity index (χ4n) is 2.23. The first-order chi connectivity index (χ1) is 7.97. The lowest BCUT2D eigenvalue weighted by Crippen LogP contribution is -2.38. The van der Waals surface area contributed by atoms with E-state index >= 15 is 0 Å². The number of hydrogen-bond acceptors (Lipinski definition) is 3. The molecular weight excluding hydrogens is 220 g/mol. The number of carboxylic acids is 1. The Morgan fingerprint density at radius 1 is 1.47 bits per heavy atom. The summed E-state index contributed by atoms with van der Waals surface area (Å²) in [5.74, 6) is -1.20. The van der Waals surface area contributed by atoms with Gasteiger partial charge < -0.3 is 15.3 Å². The lowest BCUT2D eigenvalue weighted by Gasteiger charge is -2.20. The highest BCUT2D eigenvalue weighted by Crippen LogP contribution is 2.24. The second-order valence-electron chi connectivity index (χ2n) is 4.87. The van der Waals surface area contributed by atoms with Crippen LogP contribution in [0.5, 0.6) is 0 Å². The summed E-state index contributed by atoms with van der Waals surface area (Å²) in [4.78, 5) is 24.7. The van der Waals surface area contributed by atoms with Crippen LogP contribution in [-0.2, 0) is 9.59 Å². The molecule has 0 aromatic carbocycles. The molecule has 0 radical (unpaired) electrons. The Morgan fingerprint density at radius 3 is 2.59 bits per heavy atom. The Hall–Kier alpha value is -1.10. The molecule has 1 aliphatic heterocycles. The number of carbonyl (C=O) groups is 2. The molecule has 0 aromatic heterocycles. The molecule has 5 nitrogen and oxygen atoms in total. The second kappa shape index (κ2) is 6.00. The average molecular weight is 242 g/mol. The molecule has 98 valence electrons. The standard InChI is InChI=1S/C12H22N2O3/c1-4-13-5-8(2)11(15)14-6-9(3)10(7-14)12(16)17/h8-10,13H,4-7H2,1-3H3,(H,16,17)/t8?,9-,10-/m1/s1. The molecule has 1 fully saturated rings. The largest absolute Gasteiger partial charge is 0.481 e. The normalized spacial score (nSPS) is 25.9. The van der Waals surface area contributed by atoms with Crippen molar-refractivity contribution in [3.63, 3.8) is 0 Å². The van der Waals surface area contributed by atoms with Crippen molar-refractivity contribution >= 4 is 11.9 Å². The minimum Gasteiger partial charge on any atom is -0.481 e. The van der Waals surface area contributed by atoms with E-state index in [0.717, 1.165) is 6.54 Å². The molecule has 1 amide bonds. The summed E-state index contributed by atoms with van der Waals surface area (Å²) < 4.78 is 0. The molecule has 17 heavy (non-hydrogen) atoms. The van der Waals surface area contributed by atoms with Crippen molar-refractivity contribution < 1.29 is 14.7 Å². The van der Waals surface area contributed by atoms with Gasteiger partial charge in [0.25, 0.3) is 0 Å². The molecule has 0 spiro atoms. The second-order valence-corrected chi connectivity index (χ2v) is 4.87. The van der Waals surface area contributed by atoms with Crippen LogP contribution in [0.3, 0.4) is 0 Å². The number of amides is 1. The Morgan fingerprint density at radius 2 is 2.12 bits per heavy atom. The van der Waals surface area contributed by atoms with Crippen LogP contribution in [0.25, 0.3) is 0 Å². The van der Waals surface area contributed by atoms with E-state index in [9.17, 15) is 9.59 Å². The van der Waals surface area contributed by atoms with Gasteiger partial charge in [0.05, 0.1) is 5.92 Å². The van der Waals surface area contributed by atoms with E-state index in [1.165, 1.54) is 0 Å². The van der Waals surface area contributed by atoms with E-state index in [2.05, 4.69) is 5.32 Å². The molecular formula is C12H22N2O3. The molecule has 1 heterocycles. The van der Waals surface area contributed by atoms with Crippen molar-refractivity contribution in [2.75, 3.05) is 26.2 Å². The van der Waals surface area contributed by atoms with Gasteiger partial charge in [-0.05, 0) is 12.5 Å². The molecule has 5 heteroatoms. The van der Waals surface area contributed by atoms with Gasteiger partial charge in [0.1, 0.15) is 0 Å². The van der Waals surface area contributed by atoms with Crippen LogP contribution < -0.4 is 5.32 Å². The van der Waals surface area contributed by atoms with Crippen molar-refractivity contribution in [2.24, 2.45) is 17.8 Å². The van der Waals surface area contributed by atoms with Crippen molar-refractivity contribution in [3.05, 3.63) is 0 Å². The van der Waals surface area contributed by atoms with Gasteiger partial charge in [-0.25, -0.2) is 0 Å². The zero-order chi connectivity index (χ0) is 13.0. The smallest absolute Gasteiger partial charge is 0.308 e. The predicted octanol–water partition coefficient (Wildman–Crippen LogP) is 0.411. The summed E-state index contributed by atoms with van der Waals surface area (Å²) in [7, 11) is 0. The van der Waals surface area contributed by atoms with Crippen LogP contribution in [0, 0.1) is 17.8 Å². The topological polar surface area (TPSA) is 69.6 Å². The Kier molecular flexibility index (Phi) is 4.93. The summed E-state index contributed by atoms with van der Waals surface area (Å²) in [6.45, 7) is 8.17. The first kappa shape index (κ1) is 14.0. The fourth-order valence-corrected chi connectivity index (χ4v) is 2.23. The highest BCUT2D eigenvalue weighted by atomic mass is 16.4. The third-order valence-electron chi connectivity index (χ3n) is 3.36. The first-order valence-corrected chi connectivity index (χ1v) is 6.19. The van der Waals surface area contributed by atoms with Crippen LogP contribution >= 0.6 is 0 Å². The van der Waals surface area contributed by atoms with Gasteiger partial charge in [-0.2, -0.15) is 0 Å². The highest BCUT2D eigenvalue weighted by molar-refractivity contribution is 5.80. The maximum atomic E-state index is 12.1. The van der Waals surface area contributed by atoms with E-state index in [0.29, 0.717) is 19.6 Å². The van der Waals surface area contributed by atoms with Gasteiger partial charge in [-0.15, -0.1) is 0 Å². The molecule has 1 aliphatic rings. The summed E-state index contributed by atoms with van der Waals surface area (Å²) in [6.07, 6.45) is 0. The van der Waals surface area contributed by atoms with Gasteiger partial charge in [-0.3, -0.25) is 9.59 Å².